The van der Waals surface area contributed by atoms with Gasteiger partial charge in [0.25, 0.3) is 0 Å². The smallest absolute Gasteiger partial charge is 0.224 e. The van der Waals surface area contributed by atoms with Crippen molar-refractivity contribution in [2.24, 2.45) is 0 Å². The van der Waals surface area contributed by atoms with E-state index in [4.69, 9.17) is 0 Å². The van der Waals surface area contributed by atoms with Gasteiger partial charge in [-0.3, -0.25) is 9.59 Å². The zero-order valence-electron chi connectivity index (χ0n) is 29.3. The standard InChI is InChI=1S/C46H22N4O4S3/c47-23-27(24-48)41-33-7-1-3-9-35(33)43-37(41)11-5-13-39(43)45(51)55-29-15-19-31(20-16-29)57(53,54)32-21-17-30(18-22-32)56-46(52)40-14-6-12-38-42(28(25-49)26-50)34-8-2-4-10-36(34)44(38)40/h1-22H. The summed E-state index contributed by atoms with van der Waals surface area (Å²) < 4.78 is 27.3. The van der Waals surface area contributed by atoms with Crippen LogP contribution in [0.15, 0.2) is 164 Å². The first kappa shape index (κ1) is 36.7. The minimum Gasteiger partial charge on any atom is -0.281 e. The number of benzene rings is 6. The van der Waals surface area contributed by atoms with Crippen molar-refractivity contribution in [2.75, 3.05) is 0 Å². The van der Waals surface area contributed by atoms with E-state index < -0.39 is 9.84 Å². The third kappa shape index (κ3) is 6.23. The zero-order valence-corrected chi connectivity index (χ0v) is 31.8. The van der Waals surface area contributed by atoms with Gasteiger partial charge in [0.15, 0.2) is 0 Å². The summed E-state index contributed by atoms with van der Waals surface area (Å²) >= 11 is 1.88. The minimum absolute atomic E-state index is 0.0251. The van der Waals surface area contributed by atoms with Crippen molar-refractivity contribution in [1.29, 1.82) is 21.0 Å². The van der Waals surface area contributed by atoms with Crippen LogP contribution in [0.2, 0.25) is 0 Å². The Morgan fingerprint density at radius 1 is 0.421 bits per heavy atom. The second-order valence-electron chi connectivity index (χ2n) is 12.7. The molecule has 0 saturated carbocycles. The molecule has 0 heterocycles. The van der Waals surface area contributed by atoms with E-state index in [1.807, 2.05) is 72.8 Å². The highest BCUT2D eigenvalue weighted by Crippen LogP contribution is 2.49. The van der Waals surface area contributed by atoms with Crippen LogP contribution in [0, 0.1) is 45.3 Å². The third-order valence-corrected chi connectivity index (χ3v) is 13.3. The van der Waals surface area contributed by atoms with Crippen LogP contribution in [0.1, 0.15) is 43.0 Å². The molecule has 6 aromatic carbocycles. The summed E-state index contributed by atoms with van der Waals surface area (Å²) in [6.45, 7) is 0. The molecule has 57 heavy (non-hydrogen) atoms. The molecule has 0 spiro atoms. The van der Waals surface area contributed by atoms with Crippen LogP contribution in [0.3, 0.4) is 0 Å². The summed E-state index contributed by atoms with van der Waals surface area (Å²) in [4.78, 5) is 28.5. The van der Waals surface area contributed by atoms with Crippen LogP contribution in [0.25, 0.3) is 33.4 Å². The Kier molecular flexibility index (Phi) is 9.51. The van der Waals surface area contributed by atoms with Crippen LogP contribution in [-0.4, -0.2) is 18.6 Å². The maximum absolute atomic E-state index is 13.7. The summed E-state index contributed by atoms with van der Waals surface area (Å²) in [6, 6.07) is 44.9. The predicted molar refractivity (Wildman–Crippen MR) is 217 cm³/mol. The summed E-state index contributed by atoms with van der Waals surface area (Å²) in [5.74, 6) is 0. The van der Waals surface area contributed by atoms with Crippen molar-refractivity contribution in [3.8, 4) is 46.5 Å². The SMILES string of the molecule is N#CC(C#N)=C1c2ccccc2-c2c(C(=O)Sc3ccc(S(=O)(=O)c4ccc(SC(=O)c5cccc6c5-c5ccccc5C6=C(C#N)C#N)cc4)cc3)cccc21. The lowest BCUT2D eigenvalue weighted by molar-refractivity contribution is 0.108. The zero-order chi connectivity index (χ0) is 39.8. The predicted octanol–water partition coefficient (Wildman–Crippen LogP) is 10.0. The molecule has 2 aliphatic carbocycles. The van der Waals surface area contributed by atoms with E-state index in [1.54, 1.807) is 60.7 Å². The molecule has 2 aliphatic rings. The largest absolute Gasteiger partial charge is 0.281 e. The normalized spacial score (nSPS) is 11.8. The fourth-order valence-electron chi connectivity index (χ4n) is 7.22. The number of allylic oxidation sites excluding steroid dienone is 2. The van der Waals surface area contributed by atoms with Crippen molar-refractivity contribution in [2.45, 2.75) is 19.6 Å². The number of thioether (sulfide) groups is 2. The van der Waals surface area contributed by atoms with Gasteiger partial charge in [-0.2, -0.15) is 21.0 Å². The van der Waals surface area contributed by atoms with E-state index in [0.717, 1.165) is 34.7 Å². The van der Waals surface area contributed by atoms with Gasteiger partial charge in [-0.25, -0.2) is 8.42 Å². The fraction of sp³-hybridized carbons (Fsp3) is 0. The van der Waals surface area contributed by atoms with Crippen LogP contribution >= 0.6 is 23.5 Å². The van der Waals surface area contributed by atoms with Gasteiger partial charge in [-0.15, -0.1) is 0 Å². The molecule has 8 rings (SSSR count). The number of hydrogen-bond acceptors (Lipinski definition) is 10. The monoisotopic (exact) mass is 790 g/mol. The van der Waals surface area contributed by atoms with Crippen LogP contribution in [-0.2, 0) is 9.84 Å². The minimum atomic E-state index is -3.96. The van der Waals surface area contributed by atoms with E-state index in [9.17, 15) is 39.1 Å². The van der Waals surface area contributed by atoms with Crippen molar-refractivity contribution in [3.05, 3.63) is 178 Å². The molecule has 8 nitrogen and oxygen atoms in total. The van der Waals surface area contributed by atoms with Crippen LogP contribution in [0.4, 0.5) is 0 Å². The second kappa shape index (κ2) is 14.8. The molecular formula is C46H22N4O4S3. The molecular weight excluding hydrogens is 769 g/mol. The maximum atomic E-state index is 13.7. The second-order valence-corrected chi connectivity index (χ2v) is 16.8. The highest BCUT2D eigenvalue weighted by Gasteiger charge is 2.32. The Bertz CT molecular complexity index is 2870. The van der Waals surface area contributed by atoms with Crippen molar-refractivity contribution in [3.63, 3.8) is 0 Å². The van der Waals surface area contributed by atoms with Gasteiger partial charge in [0.1, 0.15) is 35.4 Å². The van der Waals surface area contributed by atoms with Crippen molar-refractivity contribution >= 4 is 54.7 Å². The number of nitrogens with zero attached hydrogens (tertiary/aromatic N) is 4. The molecule has 0 saturated heterocycles. The summed E-state index contributed by atoms with van der Waals surface area (Å²) in [5, 5.41) is 38.1. The van der Waals surface area contributed by atoms with E-state index in [0.29, 0.717) is 65.4 Å². The van der Waals surface area contributed by atoms with Crippen LogP contribution in [0.5, 0.6) is 0 Å². The fourth-order valence-corrected chi connectivity index (χ4v) is 10.0. The lowest BCUT2D eigenvalue weighted by atomic mass is 9.98. The molecule has 0 aliphatic heterocycles. The van der Waals surface area contributed by atoms with E-state index in [1.165, 1.54) is 24.3 Å². The summed E-state index contributed by atoms with van der Waals surface area (Å²) in [6.07, 6.45) is 0. The number of sulfone groups is 1. The highest BCUT2D eigenvalue weighted by atomic mass is 32.2. The van der Waals surface area contributed by atoms with E-state index in [-0.39, 0.29) is 31.2 Å². The quantitative estimate of drug-likeness (QED) is 0.117. The van der Waals surface area contributed by atoms with Gasteiger partial charge in [0.05, 0.1) is 9.79 Å². The molecule has 0 bridgehead atoms. The molecule has 0 unspecified atom stereocenters. The summed E-state index contributed by atoms with van der Waals surface area (Å²) in [7, 11) is -3.96. The number of carbonyl (C=O) groups is 2. The molecule has 0 N–H and O–H groups in total. The van der Waals surface area contributed by atoms with Gasteiger partial charge in [0, 0.05) is 43.2 Å². The highest BCUT2D eigenvalue weighted by molar-refractivity contribution is 8.14. The molecule has 6 aromatic rings. The van der Waals surface area contributed by atoms with E-state index >= 15 is 0 Å². The average molecular weight is 791 g/mol. The van der Waals surface area contributed by atoms with E-state index in [2.05, 4.69) is 0 Å². The van der Waals surface area contributed by atoms with Gasteiger partial charge in [0.2, 0.25) is 20.1 Å². The van der Waals surface area contributed by atoms with Gasteiger partial charge in [-0.1, -0.05) is 72.8 Å². The Balaban J connectivity index is 1.01. The van der Waals surface area contributed by atoms with Gasteiger partial charge in [-0.05, 0) is 118 Å². The lowest BCUT2D eigenvalue weighted by Gasteiger charge is -2.10. The lowest BCUT2D eigenvalue weighted by Crippen LogP contribution is -2.02. The van der Waals surface area contributed by atoms with Crippen LogP contribution < -0.4 is 0 Å². The maximum Gasteiger partial charge on any atom is 0.224 e. The Morgan fingerprint density at radius 3 is 1.11 bits per heavy atom. The average Bonchev–Trinajstić information content (AvgIpc) is 3.76. The topological polar surface area (TPSA) is 163 Å². The first-order valence-corrected chi connectivity index (χ1v) is 20.3. The molecule has 268 valence electrons. The van der Waals surface area contributed by atoms with Crippen molar-refractivity contribution < 1.29 is 18.0 Å². The molecule has 0 radical (unpaired) electrons. The first-order chi connectivity index (χ1) is 27.7. The molecule has 0 atom stereocenters. The number of carbonyl (C=O) groups excluding carboxylic acids is 2. The summed E-state index contributed by atoms with van der Waals surface area (Å²) in [5.41, 5.74) is 7.13. The van der Waals surface area contributed by atoms with Crippen molar-refractivity contribution in [1.82, 2.24) is 0 Å². The Labute approximate surface area is 336 Å². The molecule has 0 amide bonds. The molecule has 0 aromatic heterocycles. The third-order valence-electron chi connectivity index (χ3n) is 9.68. The Morgan fingerprint density at radius 2 is 0.754 bits per heavy atom. The first-order valence-electron chi connectivity index (χ1n) is 17.1. The Hall–Kier alpha value is -7.25. The number of nitriles is 4. The van der Waals surface area contributed by atoms with Gasteiger partial charge >= 0.3 is 0 Å². The molecule has 0 fully saturated rings. The number of rotatable bonds is 6. The number of hydrogen-bond donors (Lipinski definition) is 0. The number of fused-ring (bicyclic) bond motifs is 6. The molecule has 11 heteroatoms. The van der Waals surface area contributed by atoms with Gasteiger partial charge < -0.3 is 0 Å².